The van der Waals surface area contributed by atoms with Gasteiger partial charge < -0.3 is 16.4 Å². The summed E-state index contributed by atoms with van der Waals surface area (Å²) in [5, 5.41) is 9.73. The second kappa shape index (κ2) is 4.18. The van der Waals surface area contributed by atoms with Crippen LogP contribution in [-0.4, -0.2) is 19.0 Å². The Morgan fingerprint density at radius 1 is 1.56 bits per heavy atom. The van der Waals surface area contributed by atoms with E-state index < -0.39 is 5.91 Å². The van der Waals surface area contributed by atoms with Crippen LogP contribution in [0.1, 0.15) is 35.5 Å². The van der Waals surface area contributed by atoms with Gasteiger partial charge >= 0.3 is 0 Å². The van der Waals surface area contributed by atoms with Gasteiger partial charge in [-0.25, -0.2) is 0 Å². The molecule has 18 heavy (non-hydrogen) atoms. The average molecular weight is 264 g/mol. The standard InChI is InChI=1S/C12H16N4OS/c1-12(2)3-4-16(6-12)11-8(10(15)17)9(14)7(5-13)18-11/h3-4,6,14H2,1-2H3,(H2,15,17). The molecule has 1 aliphatic heterocycles. The van der Waals surface area contributed by atoms with Crippen molar-refractivity contribution < 1.29 is 4.79 Å². The molecule has 0 aromatic carbocycles. The maximum Gasteiger partial charge on any atom is 0.253 e. The molecule has 1 fully saturated rings. The molecule has 1 aromatic rings. The Kier molecular flexibility index (Phi) is 2.95. The molecule has 5 nitrogen and oxygen atoms in total. The van der Waals surface area contributed by atoms with E-state index in [1.807, 2.05) is 6.07 Å². The number of nitrogen functional groups attached to an aromatic ring is 1. The predicted molar refractivity (Wildman–Crippen MR) is 72.6 cm³/mol. The fraction of sp³-hybridized carbons (Fsp3) is 0.500. The van der Waals surface area contributed by atoms with Gasteiger partial charge in [-0.2, -0.15) is 5.26 Å². The number of anilines is 2. The molecule has 1 aliphatic rings. The lowest BCUT2D eigenvalue weighted by Gasteiger charge is -2.20. The molecule has 0 aliphatic carbocycles. The molecule has 96 valence electrons. The molecule has 2 rings (SSSR count). The van der Waals surface area contributed by atoms with Crippen LogP contribution >= 0.6 is 11.3 Å². The van der Waals surface area contributed by atoms with Crippen LogP contribution in [0.3, 0.4) is 0 Å². The molecule has 1 saturated heterocycles. The first kappa shape index (κ1) is 12.7. The van der Waals surface area contributed by atoms with Gasteiger partial charge in [0.1, 0.15) is 15.9 Å². The van der Waals surface area contributed by atoms with Crippen LogP contribution in [-0.2, 0) is 0 Å². The van der Waals surface area contributed by atoms with E-state index in [1.165, 1.54) is 11.3 Å². The van der Waals surface area contributed by atoms with Gasteiger partial charge in [0.05, 0.1) is 11.3 Å². The minimum atomic E-state index is -0.565. The fourth-order valence-corrected chi connectivity index (χ4v) is 3.31. The Bertz CT molecular complexity index is 541. The molecule has 0 atom stereocenters. The molecule has 0 saturated carbocycles. The highest BCUT2D eigenvalue weighted by Gasteiger charge is 2.33. The maximum absolute atomic E-state index is 11.5. The molecule has 4 N–H and O–H groups in total. The van der Waals surface area contributed by atoms with Crippen LogP contribution in [0.15, 0.2) is 0 Å². The summed E-state index contributed by atoms with van der Waals surface area (Å²) in [6.45, 7) is 6.06. The van der Waals surface area contributed by atoms with Gasteiger partial charge in [-0.15, -0.1) is 11.3 Å². The number of nitrogens with zero attached hydrogens (tertiary/aromatic N) is 2. The van der Waals surface area contributed by atoms with Gasteiger partial charge in [0.15, 0.2) is 0 Å². The second-order valence-corrected chi connectivity index (χ2v) is 6.34. The number of hydrogen-bond donors (Lipinski definition) is 2. The first-order chi connectivity index (χ1) is 8.35. The van der Waals surface area contributed by atoms with E-state index in [9.17, 15) is 4.79 Å². The van der Waals surface area contributed by atoms with Crippen molar-refractivity contribution in [2.24, 2.45) is 11.1 Å². The number of hydrogen-bond acceptors (Lipinski definition) is 5. The van der Waals surface area contributed by atoms with E-state index in [4.69, 9.17) is 16.7 Å². The van der Waals surface area contributed by atoms with Gasteiger partial charge in [-0.3, -0.25) is 4.79 Å². The van der Waals surface area contributed by atoms with Gasteiger partial charge in [-0.1, -0.05) is 13.8 Å². The minimum Gasteiger partial charge on any atom is -0.396 e. The number of carbonyl (C=O) groups is 1. The molecule has 0 radical (unpaired) electrons. The summed E-state index contributed by atoms with van der Waals surface area (Å²) in [5.41, 5.74) is 11.9. The van der Waals surface area contributed by atoms with Gasteiger partial charge in [0, 0.05) is 13.1 Å². The number of thiophene rings is 1. The Hall–Kier alpha value is -1.74. The van der Waals surface area contributed by atoms with E-state index in [0.29, 0.717) is 10.4 Å². The predicted octanol–water partition coefficient (Wildman–Crippen LogP) is 1.54. The summed E-state index contributed by atoms with van der Waals surface area (Å²) in [6, 6.07) is 2.01. The van der Waals surface area contributed by atoms with Crippen LogP contribution in [0.4, 0.5) is 10.7 Å². The quantitative estimate of drug-likeness (QED) is 0.846. The first-order valence-corrected chi connectivity index (χ1v) is 6.54. The molecule has 6 heteroatoms. The topological polar surface area (TPSA) is 96.1 Å². The Balaban J connectivity index is 2.46. The van der Waals surface area contributed by atoms with Crippen LogP contribution in [0.25, 0.3) is 0 Å². The monoisotopic (exact) mass is 264 g/mol. The Morgan fingerprint density at radius 2 is 2.22 bits per heavy atom. The van der Waals surface area contributed by atoms with E-state index >= 15 is 0 Å². The number of rotatable bonds is 2. The summed E-state index contributed by atoms with van der Waals surface area (Å²) in [4.78, 5) is 14.0. The highest BCUT2D eigenvalue weighted by Crippen LogP contribution is 2.42. The van der Waals surface area contributed by atoms with Crippen molar-refractivity contribution in [2.75, 3.05) is 23.7 Å². The number of nitrogens with two attached hydrogens (primary N) is 2. The Morgan fingerprint density at radius 3 is 2.67 bits per heavy atom. The smallest absolute Gasteiger partial charge is 0.253 e. The fourth-order valence-electron chi connectivity index (χ4n) is 2.26. The third kappa shape index (κ3) is 2.02. The lowest BCUT2D eigenvalue weighted by atomic mass is 9.93. The molecular formula is C12H16N4OS. The summed E-state index contributed by atoms with van der Waals surface area (Å²) in [6.07, 6.45) is 1.05. The zero-order valence-electron chi connectivity index (χ0n) is 10.5. The van der Waals surface area contributed by atoms with Gasteiger partial charge in [0.2, 0.25) is 0 Å². The lowest BCUT2D eigenvalue weighted by molar-refractivity contribution is 0.100. The summed E-state index contributed by atoms with van der Waals surface area (Å²) >= 11 is 1.25. The maximum atomic E-state index is 11.5. The largest absolute Gasteiger partial charge is 0.396 e. The molecule has 1 aromatic heterocycles. The molecular weight excluding hydrogens is 248 g/mol. The Labute approximate surface area is 110 Å². The van der Waals surface area contributed by atoms with Crippen molar-refractivity contribution in [3.8, 4) is 6.07 Å². The van der Waals surface area contributed by atoms with Crippen LogP contribution in [0, 0.1) is 16.7 Å². The zero-order chi connectivity index (χ0) is 13.5. The second-order valence-electron chi connectivity index (χ2n) is 5.34. The molecule has 0 spiro atoms. The third-order valence-electron chi connectivity index (χ3n) is 3.24. The number of amides is 1. The van der Waals surface area contributed by atoms with Crippen LogP contribution in [0.2, 0.25) is 0 Å². The van der Waals surface area contributed by atoms with Crippen molar-refractivity contribution in [3.05, 3.63) is 10.4 Å². The molecule has 2 heterocycles. The normalized spacial score (nSPS) is 17.7. The number of primary amides is 1. The van der Waals surface area contributed by atoms with Crippen LogP contribution in [0.5, 0.6) is 0 Å². The summed E-state index contributed by atoms with van der Waals surface area (Å²) in [5.74, 6) is -0.565. The summed E-state index contributed by atoms with van der Waals surface area (Å²) < 4.78 is 0. The van der Waals surface area contributed by atoms with Gasteiger partial charge in [-0.05, 0) is 11.8 Å². The van der Waals surface area contributed by atoms with Crippen molar-refractivity contribution in [1.82, 2.24) is 0 Å². The highest BCUT2D eigenvalue weighted by molar-refractivity contribution is 7.17. The number of nitriles is 1. The van der Waals surface area contributed by atoms with E-state index in [2.05, 4.69) is 18.7 Å². The van der Waals surface area contributed by atoms with Crippen LogP contribution < -0.4 is 16.4 Å². The number of carbonyl (C=O) groups excluding carboxylic acids is 1. The van der Waals surface area contributed by atoms with E-state index in [0.717, 1.165) is 24.5 Å². The summed E-state index contributed by atoms with van der Waals surface area (Å²) in [7, 11) is 0. The lowest BCUT2D eigenvalue weighted by Crippen LogP contribution is -2.25. The molecule has 0 unspecified atom stereocenters. The first-order valence-electron chi connectivity index (χ1n) is 5.73. The van der Waals surface area contributed by atoms with Gasteiger partial charge in [0.25, 0.3) is 5.91 Å². The van der Waals surface area contributed by atoms with Crippen molar-refractivity contribution in [3.63, 3.8) is 0 Å². The highest BCUT2D eigenvalue weighted by atomic mass is 32.1. The zero-order valence-corrected chi connectivity index (χ0v) is 11.3. The van der Waals surface area contributed by atoms with Crippen molar-refractivity contribution in [1.29, 1.82) is 5.26 Å². The van der Waals surface area contributed by atoms with E-state index in [1.54, 1.807) is 0 Å². The van der Waals surface area contributed by atoms with E-state index in [-0.39, 0.29) is 11.1 Å². The third-order valence-corrected chi connectivity index (χ3v) is 4.41. The van der Waals surface area contributed by atoms with Crippen molar-refractivity contribution in [2.45, 2.75) is 20.3 Å². The minimum absolute atomic E-state index is 0.209. The average Bonchev–Trinajstić information content (AvgIpc) is 2.78. The molecule has 1 amide bonds. The van der Waals surface area contributed by atoms with Crippen molar-refractivity contribution >= 4 is 27.9 Å². The SMILES string of the molecule is CC1(C)CCN(c2sc(C#N)c(N)c2C(N)=O)C1. The molecule has 0 bridgehead atoms.